The number of fused-ring (bicyclic) bond motifs is 1. The zero-order valence-corrected chi connectivity index (χ0v) is 16.1. The number of hydrogen-bond acceptors (Lipinski definition) is 4. The largest absolute Gasteiger partial charge is 0.356 e. The quantitative estimate of drug-likeness (QED) is 0.818. The van der Waals surface area contributed by atoms with Crippen molar-refractivity contribution in [2.75, 3.05) is 37.6 Å². The average Bonchev–Trinajstić information content (AvgIpc) is 3.15. The predicted octanol–water partition coefficient (Wildman–Crippen LogP) is 3.54. The number of anilines is 1. The van der Waals surface area contributed by atoms with E-state index < -0.39 is 5.92 Å². The van der Waals surface area contributed by atoms with Gasteiger partial charge in [0.1, 0.15) is 11.6 Å². The second kappa shape index (κ2) is 6.39. The van der Waals surface area contributed by atoms with Crippen LogP contribution in [0.15, 0.2) is 6.07 Å². The van der Waals surface area contributed by atoms with E-state index in [9.17, 15) is 8.78 Å². The first-order chi connectivity index (χ1) is 12.3. The van der Waals surface area contributed by atoms with Crippen molar-refractivity contribution in [3.63, 3.8) is 0 Å². The van der Waals surface area contributed by atoms with Crippen molar-refractivity contribution < 1.29 is 8.78 Å². The van der Waals surface area contributed by atoms with E-state index in [1.54, 1.807) is 0 Å². The van der Waals surface area contributed by atoms with Gasteiger partial charge in [0.25, 0.3) is 0 Å². The summed E-state index contributed by atoms with van der Waals surface area (Å²) in [5.74, 6) is 0.283. The summed E-state index contributed by atoms with van der Waals surface area (Å²) in [5.41, 5.74) is 1.25. The Hall–Kier alpha value is -1.30. The number of aromatic nitrogens is 2. The van der Waals surface area contributed by atoms with Gasteiger partial charge in [0.05, 0.1) is 0 Å². The minimum Gasteiger partial charge on any atom is -0.356 e. The molecule has 3 atom stereocenters. The summed E-state index contributed by atoms with van der Waals surface area (Å²) in [6.07, 6.45) is 1.68. The van der Waals surface area contributed by atoms with Crippen LogP contribution in [0.1, 0.15) is 44.6 Å². The number of likely N-dealkylation sites (tertiary alicyclic amines) is 1. The summed E-state index contributed by atoms with van der Waals surface area (Å²) in [6, 6.07) is 2.09. The molecule has 1 aromatic rings. The fraction of sp³-hybridized carbons (Fsp3) is 0.800. The standard InChI is InChI=1S/C20H30F2N4/c1-4-17-23-14(2)7-18(24-17)26-11-16-10-25(12-19(16,3)13-26)9-15-5-6-20(21,22)8-15/h7,15-16H,4-6,8-13H2,1-3H3/t15?,16-,19+/m0/s1. The van der Waals surface area contributed by atoms with Gasteiger partial charge in [-0.15, -0.1) is 0 Å². The number of aryl methyl sites for hydroxylation is 2. The molecule has 1 aliphatic carbocycles. The second-order valence-corrected chi connectivity index (χ2v) is 9.03. The average molecular weight is 364 g/mol. The van der Waals surface area contributed by atoms with Crippen molar-refractivity contribution in [2.45, 2.75) is 52.4 Å². The second-order valence-electron chi connectivity index (χ2n) is 9.03. The Balaban J connectivity index is 1.40. The molecule has 0 N–H and O–H groups in total. The third kappa shape index (κ3) is 3.45. The van der Waals surface area contributed by atoms with E-state index in [2.05, 4.69) is 34.7 Å². The molecule has 0 amide bonds. The maximum atomic E-state index is 13.5. The Morgan fingerprint density at radius 3 is 2.69 bits per heavy atom. The Bertz CT molecular complexity index is 680. The highest BCUT2D eigenvalue weighted by Crippen LogP contribution is 2.45. The van der Waals surface area contributed by atoms with Crippen LogP contribution in [-0.2, 0) is 6.42 Å². The fourth-order valence-electron chi connectivity index (χ4n) is 5.27. The molecule has 2 saturated heterocycles. The van der Waals surface area contributed by atoms with Gasteiger partial charge in [-0.25, -0.2) is 18.7 Å². The van der Waals surface area contributed by atoms with Gasteiger partial charge in [-0.1, -0.05) is 13.8 Å². The molecule has 3 aliphatic rings. The van der Waals surface area contributed by atoms with Crippen molar-refractivity contribution in [1.29, 1.82) is 0 Å². The van der Waals surface area contributed by atoms with Gasteiger partial charge in [0, 0.05) is 69.2 Å². The molecule has 144 valence electrons. The van der Waals surface area contributed by atoms with E-state index in [4.69, 9.17) is 4.98 Å². The monoisotopic (exact) mass is 364 g/mol. The molecule has 0 radical (unpaired) electrons. The van der Waals surface area contributed by atoms with Crippen molar-refractivity contribution in [3.8, 4) is 0 Å². The third-order valence-electron chi connectivity index (χ3n) is 6.59. The lowest BCUT2D eigenvalue weighted by molar-refractivity contribution is 0.00364. The minimum atomic E-state index is -2.43. The Kier molecular flexibility index (Phi) is 4.45. The van der Waals surface area contributed by atoms with Crippen molar-refractivity contribution >= 4 is 5.82 Å². The topological polar surface area (TPSA) is 32.3 Å². The SMILES string of the molecule is CCc1nc(C)cc(N2C[C@@H]3CN(CC4CCC(F)(F)C4)C[C@]3(C)C2)n1. The maximum absolute atomic E-state index is 13.5. The van der Waals surface area contributed by atoms with Crippen LogP contribution >= 0.6 is 0 Å². The van der Waals surface area contributed by atoms with E-state index in [1.165, 1.54) is 0 Å². The van der Waals surface area contributed by atoms with Gasteiger partial charge in [0.15, 0.2) is 0 Å². The highest BCUT2D eigenvalue weighted by atomic mass is 19.3. The van der Waals surface area contributed by atoms with Crippen molar-refractivity contribution in [1.82, 2.24) is 14.9 Å². The lowest BCUT2D eigenvalue weighted by Crippen LogP contribution is -2.35. The molecular formula is C20H30F2N4. The first-order valence-corrected chi connectivity index (χ1v) is 9.96. The summed E-state index contributed by atoms with van der Waals surface area (Å²) >= 11 is 0. The molecule has 1 unspecified atom stereocenters. The molecule has 3 heterocycles. The van der Waals surface area contributed by atoms with Crippen LogP contribution in [0.3, 0.4) is 0 Å². The molecule has 0 spiro atoms. The highest BCUT2D eigenvalue weighted by molar-refractivity contribution is 5.42. The van der Waals surface area contributed by atoms with Gasteiger partial charge >= 0.3 is 0 Å². The van der Waals surface area contributed by atoms with Crippen molar-refractivity contribution in [3.05, 3.63) is 17.6 Å². The lowest BCUT2D eigenvalue weighted by atomic mass is 9.83. The van der Waals surface area contributed by atoms with E-state index in [-0.39, 0.29) is 24.2 Å². The summed E-state index contributed by atoms with van der Waals surface area (Å²) in [6.45, 7) is 11.4. The molecule has 4 rings (SSSR count). The van der Waals surface area contributed by atoms with Crippen LogP contribution in [0.5, 0.6) is 0 Å². The predicted molar refractivity (Wildman–Crippen MR) is 98.7 cm³/mol. The molecule has 1 saturated carbocycles. The normalized spacial score (nSPS) is 33.8. The van der Waals surface area contributed by atoms with Gasteiger partial charge in [0.2, 0.25) is 5.92 Å². The molecule has 2 aliphatic heterocycles. The van der Waals surface area contributed by atoms with Crippen molar-refractivity contribution in [2.24, 2.45) is 17.3 Å². The zero-order valence-electron chi connectivity index (χ0n) is 16.1. The Labute approximate surface area is 155 Å². The zero-order chi connectivity index (χ0) is 18.5. The number of halogens is 2. The van der Waals surface area contributed by atoms with E-state index in [0.717, 1.165) is 56.5 Å². The summed E-state index contributed by atoms with van der Waals surface area (Å²) in [7, 11) is 0. The number of nitrogens with zero attached hydrogens (tertiary/aromatic N) is 4. The van der Waals surface area contributed by atoms with Crippen LogP contribution in [0.25, 0.3) is 0 Å². The van der Waals surface area contributed by atoms with Gasteiger partial charge < -0.3 is 9.80 Å². The molecule has 4 nitrogen and oxygen atoms in total. The summed E-state index contributed by atoms with van der Waals surface area (Å²) < 4.78 is 26.9. The molecule has 26 heavy (non-hydrogen) atoms. The highest BCUT2D eigenvalue weighted by Gasteiger charge is 2.50. The molecule has 3 fully saturated rings. The smallest absolute Gasteiger partial charge is 0.248 e. The lowest BCUT2D eigenvalue weighted by Gasteiger charge is -2.27. The van der Waals surface area contributed by atoms with Gasteiger partial charge in [-0.3, -0.25) is 0 Å². The Morgan fingerprint density at radius 2 is 2.04 bits per heavy atom. The summed E-state index contributed by atoms with van der Waals surface area (Å²) in [4.78, 5) is 14.1. The van der Waals surface area contributed by atoms with Crippen LogP contribution in [0.2, 0.25) is 0 Å². The molecular weight excluding hydrogens is 334 g/mol. The summed E-state index contributed by atoms with van der Waals surface area (Å²) in [5, 5.41) is 0. The molecule has 0 aromatic carbocycles. The fourth-order valence-corrected chi connectivity index (χ4v) is 5.27. The van der Waals surface area contributed by atoms with E-state index >= 15 is 0 Å². The van der Waals surface area contributed by atoms with Crippen LogP contribution in [-0.4, -0.2) is 53.5 Å². The third-order valence-corrected chi connectivity index (χ3v) is 6.59. The maximum Gasteiger partial charge on any atom is 0.248 e. The number of hydrogen-bond donors (Lipinski definition) is 0. The first-order valence-electron chi connectivity index (χ1n) is 9.96. The van der Waals surface area contributed by atoms with E-state index in [1.807, 2.05) is 6.92 Å². The molecule has 0 bridgehead atoms. The first kappa shape index (κ1) is 18.1. The molecule has 1 aromatic heterocycles. The van der Waals surface area contributed by atoms with Crippen LogP contribution in [0, 0.1) is 24.2 Å². The Morgan fingerprint density at radius 1 is 1.23 bits per heavy atom. The number of rotatable bonds is 4. The minimum absolute atomic E-state index is 0.0762. The van der Waals surface area contributed by atoms with Gasteiger partial charge in [-0.05, 0) is 25.2 Å². The van der Waals surface area contributed by atoms with Crippen LogP contribution in [0.4, 0.5) is 14.6 Å². The molecule has 6 heteroatoms. The van der Waals surface area contributed by atoms with Crippen LogP contribution < -0.4 is 4.90 Å². The number of alkyl halides is 2. The van der Waals surface area contributed by atoms with E-state index in [0.29, 0.717) is 12.3 Å². The van der Waals surface area contributed by atoms with Gasteiger partial charge in [-0.2, -0.15) is 0 Å².